The Morgan fingerprint density at radius 2 is 1.96 bits per heavy atom. The number of carbonyl (C=O) groups excluding carboxylic acids is 1. The van der Waals surface area contributed by atoms with Crippen molar-refractivity contribution in [2.75, 3.05) is 0 Å². The number of benzene rings is 1. The number of hydrogen-bond donors (Lipinski definition) is 1. The summed E-state index contributed by atoms with van der Waals surface area (Å²) in [5.41, 5.74) is 0.328. The van der Waals surface area contributed by atoms with Crippen LogP contribution in [0.1, 0.15) is 35.7 Å². The van der Waals surface area contributed by atoms with E-state index < -0.39 is 22.0 Å². The highest BCUT2D eigenvalue weighted by Crippen LogP contribution is 2.21. The Morgan fingerprint density at radius 1 is 1.28 bits per heavy atom. The lowest BCUT2D eigenvalue weighted by molar-refractivity contribution is 0.101. The van der Waals surface area contributed by atoms with Gasteiger partial charge < -0.3 is 4.98 Å². The Balaban J connectivity index is 2.26. The zero-order chi connectivity index (χ0) is 18.1. The van der Waals surface area contributed by atoms with Crippen LogP contribution in [0.4, 0.5) is 0 Å². The zero-order valence-electron chi connectivity index (χ0n) is 13.4. The molecule has 1 aromatic carbocycles. The van der Waals surface area contributed by atoms with Crippen LogP contribution in [0.3, 0.4) is 0 Å². The molecule has 1 unspecified atom stereocenters. The van der Waals surface area contributed by atoms with Gasteiger partial charge in [-0.2, -0.15) is 0 Å². The lowest BCUT2D eigenvalue weighted by Crippen LogP contribution is -2.48. The van der Waals surface area contributed by atoms with Crippen LogP contribution in [0.15, 0.2) is 40.2 Å². The van der Waals surface area contributed by atoms with Gasteiger partial charge in [0, 0.05) is 9.51 Å². The monoisotopic (exact) mass is 439 g/mol. The topological polar surface area (TPSA) is 67.0 Å². The summed E-state index contributed by atoms with van der Waals surface area (Å²) in [7, 11) is -1.56. The van der Waals surface area contributed by atoms with Crippen LogP contribution >= 0.6 is 27.5 Å². The first-order chi connectivity index (χ1) is 11.9. The molecule has 0 aliphatic heterocycles. The first kappa shape index (κ1) is 18.3. The van der Waals surface area contributed by atoms with E-state index in [-0.39, 0.29) is 16.3 Å². The molecule has 130 valence electrons. The molecule has 1 atom stereocenters. The van der Waals surface area contributed by atoms with Crippen molar-refractivity contribution in [3.8, 4) is 0 Å². The highest BCUT2D eigenvalue weighted by molar-refractivity contribution is 9.14. The number of aromatic nitrogens is 1. The number of pyridine rings is 1. The zero-order valence-corrected chi connectivity index (χ0v) is 16.6. The van der Waals surface area contributed by atoms with Crippen LogP contribution in [-0.2, 0) is 16.6 Å². The molecule has 1 N–H and O–H groups in total. The Bertz CT molecular complexity index is 1060. The number of ketones is 1. The molecule has 0 bridgehead atoms. The molecule has 0 amide bonds. The lowest BCUT2D eigenvalue weighted by Gasteiger charge is -2.13. The quantitative estimate of drug-likeness (QED) is 0.743. The smallest absolute Gasteiger partial charge is 0.202 e. The summed E-state index contributed by atoms with van der Waals surface area (Å²) >= 11 is 9.68. The summed E-state index contributed by atoms with van der Waals surface area (Å²) in [5, 5.41) is 1.39. The van der Waals surface area contributed by atoms with Crippen molar-refractivity contribution in [1.82, 2.24) is 4.98 Å². The first-order valence-electron chi connectivity index (χ1n) is 7.67. The van der Waals surface area contributed by atoms with Crippen LogP contribution < -0.4 is 16.0 Å². The van der Waals surface area contributed by atoms with Gasteiger partial charge in [0.25, 0.3) is 0 Å². The van der Waals surface area contributed by atoms with E-state index in [9.17, 15) is 13.8 Å². The largest absolute Gasteiger partial charge is 0.346 e. The molecule has 0 radical (unpaired) electrons. The molecule has 4 nitrogen and oxygen atoms in total. The van der Waals surface area contributed by atoms with Crippen molar-refractivity contribution in [2.24, 2.45) is 0 Å². The number of hydrogen-bond acceptors (Lipinski definition) is 3. The van der Waals surface area contributed by atoms with Crippen LogP contribution in [0, 0.1) is 0 Å². The summed E-state index contributed by atoms with van der Waals surface area (Å²) in [6.07, 6.45) is 1.17. The Kier molecular flexibility index (Phi) is 5.41. The van der Waals surface area contributed by atoms with Crippen molar-refractivity contribution in [3.05, 3.63) is 62.2 Å². The second-order valence-corrected chi connectivity index (χ2v) is 8.55. The molecule has 7 heteroatoms. The average Bonchev–Trinajstić information content (AvgIpc) is 2.58. The molecular formula is C18H15BrClNO3S. The summed E-state index contributed by atoms with van der Waals surface area (Å²) in [6.45, 7) is 1.30. The van der Waals surface area contributed by atoms with E-state index >= 15 is 0 Å². The predicted octanol–water partition coefficient (Wildman–Crippen LogP) is 2.53. The molecule has 0 spiro atoms. The third-order valence-corrected chi connectivity index (χ3v) is 6.52. The van der Waals surface area contributed by atoms with E-state index in [0.717, 1.165) is 10.0 Å². The Labute approximate surface area is 160 Å². The first-order valence-corrected chi connectivity index (χ1v) is 10.2. The minimum absolute atomic E-state index is 0.0756. The summed E-state index contributed by atoms with van der Waals surface area (Å²) in [6, 6.07) is 9.29. The molecule has 1 heterocycles. The maximum atomic E-state index is 12.9. The SMILES string of the molecule is CC(=O)c1c(S(=O)Cc2ccccc2)[nH]c2c(c1=O)=C(Cl)CCC=2Br. The maximum Gasteiger partial charge on any atom is 0.202 e. The number of aromatic amines is 1. The number of Topliss-reactive ketones (excluding diaryl/α,β-unsaturated/α-hetero) is 1. The number of H-pyrrole nitrogens is 1. The molecule has 1 aliphatic rings. The predicted molar refractivity (Wildman–Crippen MR) is 104 cm³/mol. The van der Waals surface area contributed by atoms with E-state index in [2.05, 4.69) is 20.9 Å². The second-order valence-electron chi connectivity index (χ2n) is 5.75. The van der Waals surface area contributed by atoms with Crippen molar-refractivity contribution in [3.63, 3.8) is 0 Å². The molecule has 0 saturated carbocycles. The van der Waals surface area contributed by atoms with Crippen LogP contribution in [0.5, 0.6) is 0 Å². The Morgan fingerprint density at radius 3 is 2.60 bits per heavy atom. The lowest BCUT2D eigenvalue weighted by atomic mass is 10.1. The fourth-order valence-corrected chi connectivity index (χ4v) is 4.89. The molecule has 1 aliphatic carbocycles. The minimum Gasteiger partial charge on any atom is -0.346 e. The van der Waals surface area contributed by atoms with E-state index in [1.165, 1.54) is 6.92 Å². The van der Waals surface area contributed by atoms with Crippen LogP contribution in [-0.4, -0.2) is 15.0 Å². The van der Waals surface area contributed by atoms with Gasteiger partial charge in [0.15, 0.2) is 5.78 Å². The van der Waals surface area contributed by atoms with E-state index in [0.29, 0.717) is 28.4 Å². The highest BCUT2D eigenvalue weighted by atomic mass is 79.9. The summed E-state index contributed by atoms with van der Waals surface area (Å²) in [5.74, 6) is -0.211. The molecule has 1 aromatic heterocycles. The third-order valence-electron chi connectivity index (χ3n) is 4.00. The van der Waals surface area contributed by atoms with Gasteiger partial charge in [-0.1, -0.05) is 57.9 Å². The number of halogens is 2. The average molecular weight is 441 g/mol. The molecule has 0 fully saturated rings. The van der Waals surface area contributed by atoms with Crippen LogP contribution in [0.2, 0.25) is 0 Å². The van der Waals surface area contributed by atoms with Gasteiger partial charge in [-0.25, -0.2) is 0 Å². The normalized spacial score (nSPS) is 15.0. The fraction of sp³-hybridized carbons (Fsp3) is 0.222. The van der Waals surface area contributed by atoms with Gasteiger partial charge >= 0.3 is 0 Å². The van der Waals surface area contributed by atoms with Gasteiger partial charge in [0.1, 0.15) is 5.03 Å². The van der Waals surface area contributed by atoms with Crippen molar-refractivity contribution in [2.45, 2.75) is 30.5 Å². The minimum atomic E-state index is -1.56. The fourth-order valence-electron chi connectivity index (χ4n) is 2.80. The molecular weight excluding hydrogens is 426 g/mol. The highest BCUT2D eigenvalue weighted by Gasteiger charge is 2.22. The molecule has 3 rings (SSSR count). The van der Waals surface area contributed by atoms with Crippen LogP contribution in [0.25, 0.3) is 9.51 Å². The van der Waals surface area contributed by atoms with E-state index in [1.807, 2.05) is 30.3 Å². The van der Waals surface area contributed by atoms with Crippen molar-refractivity contribution < 1.29 is 9.00 Å². The number of nitrogens with one attached hydrogen (secondary N) is 1. The van der Waals surface area contributed by atoms with Gasteiger partial charge in [0.2, 0.25) is 5.43 Å². The van der Waals surface area contributed by atoms with E-state index in [4.69, 9.17) is 11.6 Å². The van der Waals surface area contributed by atoms with E-state index in [1.54, 1.807) is 0 Å². The summed E-state index contributed by atoms with van der Waals surface area (Å²) in [4.78, 5) is 28.0. The second kappa shape index (κ2) is 7.40. The van der Waals surface area contributed by atoms with Crippen molar-refractivity contribution in [1.29, 1.82) is 0 Å². The maximum absolute atomic E-state index is 12.9. The van der Waals surface area contributed by atoms with Gasteiger partial charge in [-0.05, 0) is 25.3 Å². The number of fused-ring (bicyclic) bond motifs is 1. The third kappa shape index (κ3) is 3.57. The van der Waals surface area contributed by atoms with Gasteiger partial charge in [0.05, 0.1) is 32.7 Å². The van der Waals surface area contributed by atoms with Gasteiger partial charge in [-0.3, -0.25) is 13.8 Å². The number of carbonyl (C=O) groups is 1. The number of rotatable bonds is 4. The van der Waals surface area contributed by atoms with Gasteiger partial charge in [-0.15, -0.1) is 0 Å². The molecule has 25 heavy (non-hydrogen) atoms. The Hall–Kier alpha value is -1.50. The standard InChI is InChI=1S/C18H15BrClNO3S/c1-10(22)14-17(23)15-13(20)8-7-12(19)16(15)21-18(14)25(24)9-11-5-3-2-4-6-11/h2-6,21H,7-9H2,1H3. The molecule has 2 aromatic rings. The van der Waals surface area contributed by atoms with Crippen molar-refractivity contribution >= 4 is 53.6 Å². The molecule has 0 saturated heterocycles. The summed E-state index contributed by atoms with van der Waals surface area (Å²) < 4.78 is 13.7.